The lowest BCUT2D eigenvalue weighted by Crippen LogP contribution is -2.49. The highest BCUT2D eigenvalue weighted by Gasteiger charge is 2.40. The number of nitriles is 1. The van der Waals surface area contributed by atoms with Crippen LogP contribution in [0.3, 0.4) is 0 Å². The molecule has 2 aromatic heterocycles. The van der Waals surface area contributed by atoms with Crippen LogP contribution in [0.5, 0.6) is 0 Å². The molecule has 2 aliphatic rings. The van der Waals surface area contributed by atoms with Crippen molar-refractivity contribution in [2.75, 3.05) is 48.4 Å². The van der Waals surface area contributed by atoms with Gasteiger partial charge in [0.25, 0.3) is 0 Å². The van der Waals surface area contributed by atoms with E-state index in [1.54, 1.807) is 12.3 Å². The maximum atomic E-state index is 9.04. The first-order valence-electron chi connectivity index (χ1n) is 9.14. The molecule has 0 N–H and O–H groups in total. The molecule has 2 aliphatic heterocycles. The second kappa shape index (κ2) is 7.20. The van der Waals surface area contributed by atoms with Gasteiger partial charge in [-0.25, -0.2) is 9.97 Å². The summed E-state index contributed by atoms with van der Waals surface area (Å²) in [5.41, 5.74) is 0.485. The molecule has 2 atom stereocenters. The SMILES string of the molecule is CN(C)c1ccnc(N2CCC3CCN(c4ncc(C#N)cc4Cl)C3C2)n1. The summed E-state index contributed by atoms with van der Waals surface area (Å²) < 4.78 is 0. The Morgan fingerprint density at radius 3 is 2.81 bits per heavy atom. The van der Waals surface area contributed by atoms with Crippen LogP contribution in [0.1, 0.15) is 18.4 Å². The minimum atomic E-state index is 0.322. The van der Waals surface area contributed by atoms with E-state index in [1.165, 1.54) is 0 Å². The summed E-state index contributed by atoms with van der Waals surface area (Å²) >= 11 is 6.43. The van der Waals surface area contributed by atoms with Gasteiger partial charge >= 0.3 is 0 Å². The Hall–Kier alpha value is -2.59. The van der Waals surface area contributed by atoms with Gasteiger partial charge in [0.2, 0.25) is 5.95 Å². The molecular formula is C19H22ClN7. The van der Waals surface area contributed by atoms with Gasteiger partial charge in [-0.1, -0.05) is 11.6 Å². The molecule has 0 amide bonds. The number of nitrogens with zero attached hydrogens (tertiary/aromatic N) is 7. The zero-order chi connectivity index (χ0) is 19.0. The van der Waals surface area contributed by atoms with E-state index in [-0.39, 0.29) is 0 Å². The van der Waals surface area contributed by atoms with Gasteiger partial charge in [-0.15, -0.1) is 0 Å². The Bertz CT molecular complexity index is 879. The molecule has 8 heteroatoms. The number of fused-ring (bicyclic) bond motifs is 1. The summed E-state index contributed by atoms with van der Waals surface area (Å²) in [6.07, 6.45) is 5.65. The van der Waals surface area contributed by atoms with Crippen LogP contribution in [0, 0.1) is 17.2 Å². The van der Waals surface area contributed by atoms with Gasteiger partial charge in [0.1, 0.15) is 17.7 Å². The van der Waals surface area contributed by atoms with Gasteiger partial charge in [0.05, 0.1) is 16.6 Å². The minimum Gasteiger partial charge on any atom is -0.363 e. The summed E-state index contributed by atoms with van der Waals surface area (Å²) in [5, 5.41) is 9.58. The molecule has 0 bridgehead atoms. The monoisotopic (exact) mass is 383 g/mol. The van der Waals surface area contributed by atoms with Crippen molar-refractivity contribution in [2.24, 2.45) is 5.92 Å². The lowest BCUT2D eigenvalue weighted by atomic mass is 9.92. The lowest BCUT2D eigenvalue weighted by Gasteiger charge is -2.39. The summed E-state index contributed by atoms with van der Waals surface area (Å²) in [6.45, 7) is 2.74. The summed E-state index contributed by atoms with van der Waals surface area (Å²) in [6, 6.07) is 6.02. The molecule has 140 valence electrons. The van der Waals surface area contributed by atoms with Gasteiger partial charge in [-0.3, -0.25) is 0 Å². The van der Waals surface area contributed by atoms with Gasteiger partial charge in [0.15, 0.2) is 0 Å². The Morgan fingerprint density at radius 1 is 1.26 bits per heavy atom. The fourth-order valence-corrected chi connectivity index (χ4v) is 4.30. The van der Waals surface area contributed by atoms with Crippen LogP contribution in [0.15, 0.2) is 24.5 Å². The van der Waals surface area contributed by atoms with Crippen LogP contribution in [-0.4, -0.2) is 54.7 Å². The number of pyridine rings is 1. The topological polar surface area (TPSA) is 72.2 Å². The number of aromatic nitrogens is 3. The summed E-state index contributed by atoms with van der Waals surface area (Å²) in [4.78, 5) is 20.2. The molecule has 4 heterocycles. The standard InChI is InChI=1S/C19H22ClN7/c1-25(2)17-3-6-22-19(24-17)26-7-4-14-5-8-27(16(14)12-26)18-15(20)9-13(10-21)11-23-18/h3,6,9,11,14,16H,4-5,7-8,12H2,1-2H3. The first-order chi connectivity index (χ1) is 13.1. The molecule has 4 rings (SSSR count). The predicted octanol–water partition coefficient (Wildman–Crippen LogP) is 2.57. The third-order valence-electron chi connectivity index (χ3n) is 5.45. The van der Waals surface area contributed by atoms with Crippen molar-refractivity contribution in [2.45, 2.75) is 18.9 Å². The van der Waals surface area contributed by atoms with Crippen molar-refractivity contribution in [1.82, 2.24) is 15.0 Å². The molecule has 2 fully saturated rings. The Kier molecular flexibility index (Phi) is 4.75. The van der Waals surface area contributed by atoms with E-state index in [1.807, 2.05) is 31.3 Å². The Balaban J connectivity index is 1.58. The van der Waals surface area contributed by atoms with E-state index in [0.29, 0.717) is 22.5 Å². The molecule has 27 heavy (non-hydrogen) atoms. The molecule has 2 saturated heterocycles. The van der Waals surface area contributed by atoms with Crippen molar-refractivity contribution in [1.29, 1.82) is 5.26 Å². The van der Waals surface area contributed by atoms with E-state index in [9.17, 15) is 0 Å². The highest BCUT2D eigenvalue weighted by Crippen LogP contribution is 2.37. The Morgan fingerprint density at radius 2 is 2.07 bits per heavy atom. The quantitative estimate of drug-likeness (QED) is 0.806. The molecule has 7 nitrogen and oxygen atoms in total. The van der Waals surface area contributed by atoms with Crippen LogP contribution >= 0.6 is 11.6 Å². The molecule has 0 spiro atoms. The first-order valence-corrected chi connectivity index (χ1v) is 9.52. The highest BCUT2D eigenvalue weighted by atomic mass is 35.5. The molecule has 2 unspecified atom stereocenters. The van der Waals surface area contributed by atoms with Crippen LogP contribution in [-0.2, 0) is 0 Å². The third kappa shape index (κ3) is 3.37. The average Bonchev–Trinajstić information content (AvgIpc) is 3.11. The van der Waals surface area contributed by atoms with E-state index >= 15 is 0 Å². The number of halogens is 1. The Labute approximate surface area is 164 Å². The van der Waals surface area contributed by atoms with E-state index < -0.39 is 0 Å². The van der Waals surface area contributed by atoms with E-state index in [0.717, 1.165) is 50.1 Å². The van der Waals surface area contributed by atoms with E-state index in [2.05, 4.69) is 25.8 Å². The first kappa shape index (κ1) is 17.8. The second-order valence-corrected chi connectivity index (χ2v) is 7.70. The predicted molar refractivity (Wildman–Crippen MR) is 106 cm³/mol. The average molecular weight is 384 g/mol. The largest absolute Gasteiger partial charge is 0.363 e. The van der Waals surface area contributed by atoms with Crippen molar-refractivity contribution in [3.05, 3.63) is 35.1 Å². The molecule has 0 aliphatic carbocycles. The number of anilines is 3. The third-order valence-corrected chi connectivity index (χ3v) is 5.73. The van der Waals surface area contributed by atoms with Crippen LogP contribution < -0.4 is 14.7 Å². The van der Waals surface area contributed by atoms with Crippen LogP contribution in [0.4, 0.5) is 17.6 Å². The van der Waals surface area contributed by atoms with Crippen LogP contribution in [0.2, 0.25) is 5.02 Å². The zero-order valence-corrected chi connectivity index (χ0v) is 16.3. The van der Waals surface area contributed by atoms with Gasteiger partial charge in [0, 0.05) is 46.1 Å². The number of piperidine rings is 1. The lowest BCUT2D eigenvalue weighted by molar-refractivity contribution is 0.387. The maximum absolute atomic E-state index is 9.04. The minimum absolute atomic E-state index is 0.322. The highest BCUT2D eigenvalue weighted by molar-refractivity contribution is 6.33. The summed E-state index contributed by atoms with van der Waals surface area (Å²) in [5.74, 6) is 3.06. The van der Waals surface area contributed by atoms with Gasteiger partial charge in [-0.2, -0.15) is 10.2 Å². The number of hydrogen-bond donors (Lipinski definition) is 0. The van der Waals surface area contributed by atoms with Gasteiger partial charge in [-0.05, 0) is 30.9 Å². The molecule has 0 aromatic carbocycles. The zero-order valence-electron chi connectivity index (χ0n) is 15.5. The molecule has 2 aromatic rings. The van der Waals surface area contributed by atoms with Crippen molar-refractivity contribution >= 4 is 29.2 Å². The smallest absolute Gasteiger partial charge is 0.227 e. The van der Waals surface area contributed by atoms with Crippen LogP contribution in [0.25, 0.3) is 0 Å². The fourth-order valence-electron chi connectivity index (χ4n) is 4.03. The molecule has 0 radical (unpaired) electrons. The molecule has 0 saturated carbocycles. The number of rotatable bonds is 3. The van der Waals surface area contributed by atoms with Crippen molar-refractivity contribution in [3.63, 3.8) is 0 Å². The summed E-state index contributed by atoms with van der Waals surface area (Å²) in [7, 11) is 3.96. The number of hydrogen-bond acceptors (Lipinski definition) is 7. The fraction of sp³-hybridized carbons (Fsp3) is 0.474. The maximum Gasteiger partial charge on any atom is 0.227 e. The second-order valence-electron chi connectivity index (χ2n) is 7.29. The van der Waals surface area contributed by atoms with Gasteiger partial charge < -0.3 is 14.7 Å². The van der Waals surface area contributed by atoms with Crippen molar-refractivity contribution < 1.29 is 0 Å². The normalized spacial score (nSPS) is 21.7. The van der Waals surface area contributed by atoms with E-state index in [4.69, 9.17) is 21.8 Å². The van der Waals surface area contributed by atoms with Crippen molar-refractivity contribution in [3.8, 4) is 6.07 Å². The molecular weight excluding hydrogens is 362 g/mol.